The highest BCUT2D eigenvalue weighted by atomic mass is 19.1. The quantitative estimate of drug-likeness (QED) is 0.874. The van der Waals surface area contributed by atoms with Gasteiger partial charge in [0.15, 0.2) is 0 Å². The second-order valence-corrected chi connectivity index (χ2v) is 6.94. The molecule has 1 aromatic rings. The van der Waals surface area contributed by atoms with E-state index in [1.54, 1.807) is 12.1 Å². The summed E-state index contributed by atoms with van der Waals surface area (Å²) in [5, 5.41) is 3.06. The van der Waals surface area contributed by atoms with E-state index in [4.69, 9.17) is 0 Å². The van der Waals surface area contributed by atoms with E-state index in [0.29, 0.717) is 13.0 Å². The Morgan fingerprint density at radius 2 is 1.86 bits per heavy atom. The van der Waals surface area contributed by atoms with Crippen LogP contribution < -0.4 is 5.32 Å². The van der Waals surface area contributed by atoms with Crippen molar-refractivity contribution in [1.29, 1.82) is 0 Å². The van der Waals surface area contributed by atoms with Crippen molar-refractivity contribution in [2.45, 2.75) is 51.5 Å². The first-order valence-corrected chi connectivity index (χ1v) is 8.16. The fraction of sp³-hybridized carbons (Fsp3) is 0.611. The van der Waals surface area contributed by atoms with Crippen LogP contribution in [0, 0.1) is 5.82 Å². The zero-order chi connectivity index (χ0) is 16.2. The van der Waals surface area contributed by atoms with Crippen molar-refractivity contribution in [3.8, 4) is 0 Å². The molecule has 1 aromatic carbocycles. The maximum absolute atomic E-state index is 12.9. The maximum atomic E-state index is 12.9. The van der Waals surface area contributed by atoms with E-state index in [2.05, 4.69) is 24.1 Å². The average Bonchev–Trinajstić information content (AvgIpc) is 3.01. The molecule has 1 unspecified atom stereocenters. The molecular weight excluding hydrogens is 279 g/mol. The molecule has 1 saturated heterocycles. The van der Waals surface area contributed by atoms with Crippen LogP contribution in [0.5, 0.6) is 0 Å². The number of hydrogen-bond donors (Lipinski definition) is 1. The Hall–Kier alpha value is -1.42. The number of halogens is 1. The maximum Gasteiger partial charge on any atom is 0.220 e. The molecule has 1 heterocycles. The largest absolute Gasteiger partial charge is 0.354 e. The van der Waals surface area contributed by atoms with Gasteiger partial charge in [0.1, 0.15) is 5.82 Å². The first kappa shape index (κ1) is 16.9. The normalized spacial score (nSPS) is 17.5. The van der Waals surface area contributed by atoms with Gasteiger partial charge in [-0.1, -0.05) is 19.1 Å². The van der Waals surface area contributed by atoms with E-state index < -0.39 is 0 Å². The van der Waals surface area contributed by atoms with Gasteiger partial charge in [0.2, 0.25) is 5.91 Å². The molecule has 1 aliphatic heterocycles. The van der Waals surface area contributed by atoms with Crippen molar-refractivity contribution in [3.63, 3.8) is 0 Å². The van der Waals surface area contributed by atoms with Gasteiger partial charge in [-0.25, -0.2) is 4.39 Å². The minimum atomic E-state index is -0.243. The van der Waals surface area contributed by atoms with Gasteiger partial charge in [-0.15, -0.1) is 0 Å². The summed E-state index contributed by atoms with van der Waals surface area (Å²) in [7, 11) is 0. The molecule has 1 amide bonds. The molecule has 122 valence electrons. The Kier molecular flexibility index (Phi) is 5.57. The number of rotatable bonds is 6. The monoisotopic (exact) mass is 306 g/mol. The highest BCUT2D eigenvalue weighted by Crippen LogP contribution is 2.21. The van der Waals surface area contributed by atoms with Crippen molar-refractivity contribution in [3.05, 3.63) is 35.6 Å². The van der Waals surface area contributed by atoms with Gasteiger partial charge in [-0.3, -0.25) is 9.69 Å². The third-order valence-electron chi connectivity index (χ3n) is 4.61. The van der Waals surface area contributed by atoms with Crippen LogP contribution in [0.4, 0.5) is 4.39 Å². The Bertz CT molecular complexity index is 492. The van der Waals surface area contributed by atoms with E-state index in [1.165, 1.54) is 25.0 Å². The van der Waals surface area contributed by atoms with Crippen LogP contribution in [0.15, 0.2) is 24.3 Å². The molecule has 1 fully saturated rings. The van der Waals surface area contributed by atoms with Crippen molar-refractivity contribution in [2.24, 2.45) is 0 Å². The van der Waals surface area contributed by atoms with Crippen LogP contribution in [-0.2, 0) is 4.79 Å². The molecule has 1 N–H and O–H groups in total. The summed E-state index contributed by atoms with van der Waals surface area (Å²) in [6.07, 6.45) is 2.93. The fourth-order valence-electron chi connectivity index (χ4n) is 3.01. The molecule has 1 atom stereocenters. The summed E-state index contributed by atoms with van der Waals surface area (Å²) < 4.78 is 12.9. The van der Waals surface area contributed by atoms with Crippen LogP contribution >= 0.6 is 0 Å². The zero-order valence-corrected chi connectivity index (χ0v) is 13.9. The first-order valence-electron chi connectivity index (χ1n) is 8.16. The van der Waals surface area contributed by atoms with Crippen LogP contribution in [0.25, 0.3) is 0 Å². The van der Waals surface area contributed by atoms with Crippen molar-refractivity contribution < 1.29 is 9.18 Å². The number of nitrogens with zero attached hydrogens (tertiary/aromatic N) is 1. The lowest BCUT2D eigenvalue weighted by Crippen LogP contribution is -2.50. The molecule has 0 spiro atoms. The number of likely N-dealkylation sites (tertiary alicyclic amines) is 1. The van der Waals surface area contributed by atoms with Crippen molar-refractivity contribution in [2.75, 3.05) is 19.6 Å². The third-order valence-corrected chi connectivity index (χ3v) is 4.61. The Labute approximate surface area is 132 Å². The van der Waals surface area contributed by atoms with Crippen LogP contribution in [0.2, 0.25) is 0 Å². The highest BCUT2D eigenvalue weighted by molar-refractivity contribution is 5.76. The van der Waals surface area contributed by atoms with Gasteiger partial charge in [0, 0.05) is 18.5 Å². The number of amides is 1. The molecule has 0 aromatic heterocycles. The predicted molar refractivity (Wildman–Crippen MR) is 87.3 cm³/mol. The summed E-state index contributed by atoms with van der Waals surface area (Å²) in [5.41, 5.74) is 1.00. The lowest BCUT2D eigenvalue weighted by molar-refractivity contribution is -0.121. The lowest BCUT2D eigenvalue weighted by Gasteiger charge is -2.35. The van der Waals surface area contributed by atoms with Crippen LogP contribution in [-0.4, -0.2) is 36.0 Å². The summed E-state index contributed by atoms with van der Waals surface area (Å²) in [6, 6.07) is 6.39. The number of benzene rings is 1. The number of carbonyl (C=O) groups excluding carboxylic acids is 1. The van der Waals surface area contributed by atoms with E-state index in [0.717, 1.165) is 18.7 Å². The smallest absolute Gasteiger partial charge is 0.220 e. The number of hydrogen-bond acceptors (Lipinski definition) is 2. The topological polar surface area (TPSA) is 32.3 Å². The second-order valence-electron chi connectivity index (χ2n) is 6.94. The van der Waals surface area contributed by atoms with Gasteiger partial charge < -0.3 is 5.32 Å². The Morgan fingerprint density at radius 1 is 1.27 bits per heavy atom. The van der Waals surface area contributed by atoms with Gasteiger partial charge in [-0.2, -0.15) is 0 Å². The van der Waals surface area contributed by atoms with Crippen LogP contribution in [0.1, 0.15) is 51.5 Å². The molecule has 0 bridgehead atoms. The first-order chi connectivity index (χ1) is 10.4. The van der Waals surface area contributed by atoms with E-state index >= 15 is 0 Å². The molecule has 2 rings (SSSR count). The number of carbonyl (C=O) groups is 1. The molecule has 22 heavy (non-hydrogen) atoms. The van der Waals surface area contributed by atoms with E-state index in [-0.39, 0.29) is 23.2 Å². The minimum absolute atomic E-state index is 0.00523. The molecular formula is C18H27FN2O. The molecule has 0 radical (unpaired) electrons. The van der Waals surface area contributed by atoms with Crippen LogP contribution in [0.3, 0.4) is 0 Å². The van der Waals surface area contributed by atoms with Crippen molar-refractivity contribution in [1.82, 2.24) is 10.2 Å². The summed E-state index contributed by atoms with van der Waals surface area (Å²) in [4.78, 5) is 14.6. The summed E-state index contributed by atoms with van der Waals surface area (Å²) in [6.45, 7) is 9.27. The van der Waals surface area contributed by atoms with E-state index in [9.17, 15) is 9.18 Å². The highest BCUT2D eigenvalue weighted by Gasteiger charge is 2.29. The summed E-state index contributed by atoms with van der Waals surface area (Å²) in [5.74, 6) is -0.0904. The van der Waals surface area contributed by atoms with Gasteiger partial charge >= 0.3 is 0 Å². The predicted octanol–water partition coefficient (Wildman–Crippen LogP) is 3.31. The SMILES string of the molecule is CC(CC(=O)NCC(C)(C)N1CCCC1)c1ccc(F)cc1. The number of nitrogens with one attached hydrogen (secondary N) is 1. The second kappa shape index (κ2) is 7.23. The lowest BCUT2D eigenvalue weighted by atomic mass is 9.97. The van der Waals surface area contributed by atoms with Gasteiger partial charge in [0.25, 0.3) is 0 Å². The summed E-state index contributed by atoms with van der Waals surface area (Å²) >= 11 is 0. The Morgan fingerprint density at radius 3 is 2.45 bits per heavy atom. The van der Waals surface area contributed by atoms with Gasteiger partial charge in [-0.05, 0) is 63.4 Å². The average molecular weight is 306 g/mol. The molecule has 0 saturated carbocycles. The molecule has 0 aliphatic carbocycles. The van der Waals surface area contributed by atoms with Crippen molar-refractivity contribution >= 4 is 5.91 Å². The third kappa shape index (κ3) is 4.54. The fourth-order valence-corrected chi connectivity index (χ4v) is 3.01. The molecule has 3 nitrogen and oxygen atoms in total. The Balaban J connectivity index is 1.81. The molecule has 4 heteroatoms. The van der Waals surface area contributed by atoms with Gasteiger partial charge in [0.05, 0.1) is 0 Å². The standard InChI is InChI=1S/C18H27FN2O/c1-14(15-6-8-16(19)9-7-15)12-17(22)20-13-18(2,3)21-10-4-5-11-21/h6-9,14H,4-5,10-13H2,1-3H3,(H,20,22). The molecule has 1 aliphatic rings. The van der Waals surface area contributed by atoms with E-state index in [1.807, 2.05) is 6.92 Å². The zero-order valence-electron chi connectivity index (χ0n) is 13.9. The minimum Gasteiger partial charge on any atom is -0.354 e.